The van der Waals surface area contributed by atoms with Crippen LogP contribution in [-0.2, 0) is 0 Å². The van der Waals surface area contributed by atoms with Gasteiger partial charge in [-0.15, -0.1) is 0 Å². The molecule has 2 aromatic heterocycles. The smallest absolute Gasteiger partial charge is 0.167 e. The highest BCUT2D eigenvalue weighted by Gasteiger charge is 2.01. The molecule has 2 heterocycles. The van der Waals surface area contributed by atoms with Gasteiger partial charge in [0.2, 0.25) is 0 Å². The van der Waals surface area contributed by atoms with Gasteiger partial charge in [-0.05, 0) is 6.07 Å². The molecule has 2 aromatic rings. The standard InChI is InChI=1S/C8H7N3O/c12-5-7-4-10-8(11-7)6-1-2-9-3-6/h1-5,9H,(H,10,11). The van der Waals surface area contributed by atoms with Gasteiger partial charge in [-0.2, -0.15) is 0 Å². The van der Waals surface area contributed by atoms with Gasteiger partial charge in [0.05, 0.1) is 11.9 Å². The minimum atomic E-state index is 0.492. The van der Waals surface area contributed by atoms with Crippen molar-refractivity contribution < 1.29 is 4.79 Å². The molecule has 0 aromatic carbocycles. The number of aldehydes is 1. The topological polar surface area (TPSA) is 61.5 Å². The van der Waals surface area contributed by atoms with Crippen molar-refractivity contribution in [3.8, 4) is 11.4 Å². The van der Waals surface area contributed by atoms with Crippen LogP contribution in [0.15, 0.2) is 24.7 Å². The van der Waals surface area contributed by atoms with Crippen molar-refractivity contribution in [2.24, 2.45) is 0 Å². The van der Waals surface area contributed by atoms with Gasteiger partial charge in [0.25, 0.3) is 0 Å². The van der Waals surface area contributed by atoms with Crippen LogP contribution in [0.2, 0.25) is 0 Å². The van der Waals surface area contributed by atoms with E-state index >= 15 is 0 Å². The SMILES string of the molecule is O=Cc1cnc(-c2cc[nH]c2)[nH]1. The second-order valence-electron chi connectivity index (χ2n) is 2.40. The molecule has 4 heteroatoms. The summed E-state index contributed by atoms with van der Waals surface area (Å²) in [5.74, 6) is 0.707. The Morgan fingerprint density at radius 3 is 3.00 bits per heavy atom. The van der Waals surface area contributed by atoms with Crippen LogP contribution in [0.3, 0.4) is 0 Å². The Morgan fingerprint density at radius 2 is 2.42 bits per heavy atom. The number of hydrogen-bond acceptors (Lipinski definition) is 2. The van der Waals surface area contributed by atoms with Crippen LogP contribution in [-0.4, -0.2) is 21.2 Å². The van der Waals surface area contributed by atoms with Crippen molar-refractivity contribution in [1.82, 2.24) is 15.0 Å². The van der Waals surface area contributed by atoms with E-state index in [1.165, 1.54) is 6.20 Å². The number of carbonyl (C=O) groups excluding carboxylic acids is 1. The second kappa shape index (κ2) is 2.65. The van der Waals surface area contributed by atoms with Crippen LogP contribution >= 0.6 is 0 Å². The molecule has 0 saturated carbocycles. The van der Waals surface area contributed by atoms with Crippen LogP contribution in [0.4, 0.5) is 0 Å². The third-order valence-corrected chi connectivity index (χ3v) is 1.59. The predicted octanol–water partition coefficient (Wildman–Crippen LogP) is 1.22. The number of carbonyl (C=O) groups is 1. The molecule has 0 radical (unpaired) electrons. The molecule has 0 amide bonds. The van der Waals surface area contributed by atoms with Crippen LogP contribution in [0.25, 0.3) is 11.4 Å². The van der Waals surface area contributed by atoms with Crippen LogP contribution in [0, 0.1) is 0 Å². The Labute approximate surface area is 68.7 Å². The van der Waals surface area contributed by atoms with Gasteiger partial charge in [0.1, 0.15) is 5.82 Å². The maximum Gasteiger partial charge on any atom is 0.167 e. The van der Waals surface area contributed by atoms with E-state index in [-0.39, 0.29) is 0 Å². The summed E-state index contributed by atoms with van der Waals surface area (Å²) in [6, 6.07) is 1.88. The average molecular weight is 161 g/mol. The van der Waals surface area contributed by atoms with Crippen molar-refractivity contribution in [1.29, 1.82) is 0 Å². The molecule has 0 saturated heterocycles. The van der Waals surface area contributed by atoms with E-state index in [0.717, 1.165) is 11.8 Å². The van der Waals surface area contributed by atoms with Gasteiger partial charge in [0, 0.05) is 18.0 Å². The minimum Gasteiger partial charge on any atom is -0.367 e. The molecular formula is C8H7N3O. The number of aromatic amines is 2. The highest BCUT2D eigenvalue weighted by Crippen LogP contribution is 2.12. The van der Waals surface area contributed by atoms with E-state index in [9.17, 15) is 4.79 Å². The number of imidazole rings is 1. The molecule has 12 heavy (non-hydrogen) atoms. The molecule has 60 valence electrons. The third-order valence-electron chi connectivity index (χ3n) is 1.59. The minimum absolute atomic E-state index is 0.492. The zero-order chi connectivity index (χ0) is 8.39. The van der Waals surface area contributed by atoms with Crippen molar-refractivity contribution in [2.75, 3.05) is 0 Å². The first-order valence-electron chi connectivity index (χ1n) is 3.53. The lowest BCUT2D eigenvalue weighted by Gasteiger charge is -1.86. The Kier molecular flexibility index (Phi) is 1.51. The van der Waals surface area contributed by atoms with Crippen LogP contribution in [0.1, 0.15) is 10.5 Å². The van der Waals surface area contributed by atoms with E-state index in [4.69, 9.17) is 0 Å². The molecule has 2 rings (SSSR count). The number of H-pyrrole nitrogens is 2. The predicted molar refractivity (Wildman–Crippen MR) is 43.8 cm³/mol. The number of hydrogen-bond donors (Lipinski definition) is 2. The Hall–Kier alpha value is -1.84. The maximum absolute atomic E-state index is 10.3. The molecule has 2 N–H and O–H groups in total. The summed E-state index contributed by atoms with van der Waals surface area (Å²) in [6.45, 7) is 0. The molecular weight excluding hydrogens is 154 g/mol. The van der Waals surface area contributed by atoms with E-state index in [0.29, 0.717) is 11.5 Å². The zero-order valence-electron chi connectivity index (χ0n) is 6.24. The van der Waals surface area contributed by atoms with Gasteiger partial charge in [-0.3, -0.25) is 4.79 Å². The fourth-order valence-corrected chi connectivity index (χ4v) is 1.01. The third kappa shape index (κ3) is 1.03. The van der Waals surface area contributed by atoms with Crippen molar-refractivity contribution in [3.63, 3.8) is 0 Å². The summed E-state index contributed by atoms with van der Waals surface area (Å²) in [5.41, 5.74) is 1.44. The highest BCUT2D eigenvalue weighted by atomic mass is 16.1. The molecule has 0 spiro atoms. The normalized spacial score (nSPS) is 10.0. The first-order valence-corrected chi connectivity index (χ1v) is 3.53. The van der Waals surface area contributed by atoms with E-state index in [1.807, 2.05) is 12.3 Å². The van der Waals surface area contributed by atoms with E-state index in [1.54, 1.807) is 6.20 Å². The maximum atomic E-state index is 10.3. The molecule has 0 bridgehead atoms. The van der Waals surface area contributed by atoms with E-state index in [2.05, 4.69) is 15.0 Å². The number of aromatic nitrogens is 3. The number of nitrogens with zero attached hydrogens (tertiary/aromatic N) is 1. The quantitative estimate of drug-likeness (QED) is 0.650. The van der Waals surface area contributed by atoms with Gasteiger partial charge in [-0.1, -0.05) is 0 Å². The fourth-order valence-electron chi connectivity index (χ4n) is 1.01. The summed E-state index contributed by atoms with van der Waals surface area (Å²) in [4.78, 5) is 20.1. The second-order valence-corrected chi connectivity index (χ2v) is 2.40. The number of rotatable bonds is 2. The number of nitrogens with one attached hydrogen (secondary N) is 2. The Morgan fingerprint density at radius 1 is 1.50 bits per heavy atom. The lowest BCUT2D eigenvalue weighted by atomic mass is 10.3. The van der Waals surface area contributed by atoms with Crippen molar-refractivity contribution in [2.45, 2.75) is 0 Å². The molecule has 0 aliphatic carbocycles. The fraction of sp³-hybridized carbons (Fsp3) is 0. The molecule has 0 fully saturated rings. The zero-order valence-corrected chi connectivity index (χ0v) is 6.24. The van der Waals surface area contributed by atoms with Crippen molar-refractivity contribution in [3.05, 3.63) is 30.4 Å². The molecule has 0 atom stereocenters. The molecule has 0 aliphatic rings. The van der Waals surface area contributed by atoms with Crippen molar-refractivity contribution >= 4 is 6.29 Å². The molecule has 0 unspecified atom stereocenters. The Bertz CT molecular complexity index is 375. The first-order chi connectivity index (χ1) is 5.90. The molecule has 0 aliphatic heterocycles. The lowest BCUT2D eigenvalue weighted by Crippen LogP contribution is -1.78. The Balaban J connectivity index is 2.41. The van der Waals surface area contributed by atoms with Crippen LogP contribution < -0.4 is 0 Å². The summed E-state index contributed by atoms with van der Waals surface area (Å²) < 4.78 is 0. The van der Waals surface area contributed by atoms with E-state index < -0.39 is 0 Å². The summed E-state index contributed by atoms with van der Waals surface area (Å²) >= 11 is 0. The van der Waals surface area contributed by atoms with Gasteiger partial charge < -0.3 is 9.97 Å². The summed E-state index contributed by atoms with van der Waals surface area (Å²) in [5, 5.41) is 0. The van der Waals surface area contributed by atoms with Gasteiger partial charge >= 0.3 is 0 Å². The largest absolute Gasteiger partial charge is 0.367 e. The summed E-state index contributed by atoms with van der Waals surface area (Å²) in [6.07, 6.45) is 5.87. The van der Waals surface area contributed by atoms with Gasteiger partial charge in [-0.25, -0.2) is 4.98 Å². The molecule has 4 nitrogen and oxygen atoms in total. The van der Waals surface area contributed by atoms with Gasteiger partial charge in [0.15, 0.2) is 6.29 Å². The summed E-state index contributed by atoms with van der Waals surface area (Å²) in [7, 11) is 0. The monoisotopic (exact) mass is 161 g/mol. The lowest BCUT2D eigenvalue weighted by molar-refractivity contribution is 0.111. The van der Waals surface area contributed by atoms with Crippen LogP contribution in [0.5, 0.6) is 0 Å². The average Bonchev–Trinajstić information content (AvgIpc) is 2.75. The first kappa shape index (κ1) is 6.84. The highest BCUT2D eigenvalue weighted by molar-refractivity contribution is 5.73.